The fourth-order valence-electron chi connectivity index (χ4n) is 2.47. The van der Waals surface area contributed by atoms with Crippen LogP contribution in [0.4, 0.5) is 13.2 Å². The molecule has 2 rings (SSSR count). The van der Waals surface area contributed by atoms with Crippen molar-refractivity contribution in [2.45, 2.75) is 39.1 Å². The van der Waals surface area contributed by atoms with Crippen LogP contribution in [0.25, 0.3) is 0 Å². The number of nitrogens with one attached hydrogen (secondary N) is 1. The smallest absolute Gasteiger partial charge is 0.417 e. The van der Waals surface area contributed by atoms with Gasteiger partial charge in [0.25, 0.3) is 0 Å². The molecule has 2 aromatic rings. The summed E-state index contributed by atoms with van der Waals surface area (Å²) < 4.78 is 43.7. The van der Waals surface area contributed by atoms with Gasteiger partial charge >= 0.3 is 6.18 Å². The van der Waals surface area contributed by atoms with Gasteiger partial charge in [0.05, 0.1) is 11.3 Å². The maximum atomic E-state index is 12.7. The van der Waals surface area contributed by atoms with Crippen molar-refractivity contribution >= 4 is 0 Å². The molecule has 2 aromatic heterocycles. The van der Waals surface area contributed by atoms with Gasteiger partial charge in [-0.25, -0.2) is 4.98 Å². The molecular formula is C18H22F3N3O2. The molecular weight excluding hydrogens is 347 g/mol. The number of alkyl halides is 3. The van der Waals surface area contributed by atoms with Crippen LogP contribution >= 0.6 is 0 Å². The summed E-state index contributed by atoms with van der Waals surface area (Å²) in [5.41, 5.74) is 1.08. The Labute approximate surface area is 150 Å². The van der Waals surface area contributed by atoms with E-state index in [-0.39, 0.29) is 19.0 Å². The molecule has 2 N–H and O–H groups in total. The Morgan fingerprint density at radius 1 is 1.19 bits per heavy atom. The number of nitrogens with zero attached hydrogens (tertiary/aromatic N) is 2. The molecule has 1 atom stereocenters. The van der Waals surface area contributed by atoms with Crippen LogP contribution in [0.15, 0.2) is 30.6 Å². The van der Waals surface area contributed by atoms with Crippen LogP contribution < -0.4 is 10.1 Å². The molecule has 0 saturated heterocycles. The Morgan fingerprint density at radius 2 is 1.92 bits per heavy atom. The maximum absolute atomic E-state index is 12.7. The van der Waals surface area contributed by atoms with E-state index in [9.17, 15) is 18.3 Å². The molecule has 0 aliphatic carbocycles. The molecule has 8 heteroatoms. The van der Waals surface area contributed by atoms with E-state index in [1.165, 1.54) is 0 Å². The average Bonchev–Trinajstić information content (AvgIpc) is 2.64. The normalized spacial score (nSPS) is 12.8. The molecule has 5 nitrogen and oxygen atoms in total. The molecule has 26 heavy (non-hydrogen) atoms. The summed E-state index contributed by atoms with van der Waals surface area (Å²) >= 11 is 0. The van der Waals surface area contributed by atoms with Crippen molar-refractivity contribution in [2.75, 3.05) is 13.2 Å². The molecule has 0 fully saturated rings. The van der Waals surface area contributed by atoms with Gasteiger partial charge in [0.1, 0.15) is 12.8 Å². The number of aromatic nitrogens is 2. The Morgan fingerprint density at radius 3 is 2.58 bits per heavy atom. The molecule has 0 aromatic carbocycles. The number of hydrogen-bond donors (Lipinski definition) is 2. The number of halogens is 3. The minimum atomic E-state index is -4.43. The van der Waals surface area contributed by atoms with Gasteiger partial charge in [-0.05, 0) is 30.5 Å². The zero-order chi connectivity index (χ0) is 19.2. The Kier molecular flexibility index (Phi) is 6.93. The van der Waals surface area contributed by atoms with Gasteiger partial charge in [-0.15, -0.1) is 0 Å². The zero-order valence-electron chi connectivity index (χ0n) is 14.7. The summed E-state index contributed by atoms with van der Waals surface area (Å²) in [5, 5.41) is 13.1. The first-order valence-corrected chi connectivity index (χ1v) is 8.41. The molecule has 1 unspecified atom stereocenters. The van der Waals surface area contributed by atoms with Crippen LogP contribution in [-0.2, 0) is 19.0 Å². The van der Waals surface area contributed by atoms with E-state index in [0.717, 1.165) is 24.2 Å². The van der Waals surface area contributed by atoms with E-state index in [2.05, 4.69) is 15.3 Å². The zero-order valence-corrected chi connectivity index (χ0v) is 14.7. The lowest BCUT2D eigenvalue weighted by Crippen LogP contribution is -2.27. The van der Waals surface area contributed by atoms with Crippen molar-refractivity contribution < 1.29 is 23.0 Å². The van der Waals surface area contributed by atoms with Gasteiger partial charge in [-0.2, -0.15) is 13.2 Å². The monoisotopic (exact) mass is 369 g/mol. The highest BCUT2D eigenvalue weighted by molar-refractivity contribution is 5.31. The Hall–Kier alpha value is -2.19. The van der Waals surface area contributed by atoms with Crippen LogP contribution in [0.2, 0.25) is 0 Å². The summed E-state index contributed by atoms with van der Waals surface area (Å²) in [6.07, 6.45) is -1.89. The molecule has 0 spiro atoms. The third-order valence-corrected chi connectivity index (χ3v) is 3.88. The molecule has 2 heterocycles. The minimum Gasteiger partial charge on any atom is -0.476 e. The molecule has 0 aliphatic heterocycles. The lowest BCUT2D eigenvalue weighted by atomic mass is 10.1. The fourth-order valence-corrected chi connectivity index (χ4v) is 2.47. The van der Waals surface area contributed by atoms with Crippen molar-refractivity contribution in [2.24, 2.45) is 0 Å². The summed E-state index contributed by atoms with van der Waals surface area (Å²) in [6.45, 7) is 4.14. The largest absolute Gasteiger partial charge is 0.476 e. The quantitative estimate of drug-likeness (QED) is 0.552. The van der Waals surface area contributed by atoms with Crippen LogP contribution in [-0.4, -0.2) is 28.2 Å². The second kappa shape index (κ2) is 8.95. The molecule has 0 amide bonds. The van der Waals surface area contributed by atoms with E-state index >= 15 is 0 Å². The number of aryl methyl sites for hydroxylation is 2. The highest BCUT2D eigenvalue weighted by Gasteiger charge is 2.31. The van der Waals surface area contributed by atoms with E-state index in [1.54, 1.807) is 19.2 Å². The highest BCUT2D eigenvalue weighted by atomic mass is 19.4. The van der Waals surface area contributed by atoms with Crippen molar-refractivity contribution in [1.29, 1.82) is 0 Å². The first kappa shape index (κ1) is 20.1. The predicted molar refractivity (Wildman–Crippen MR) is 90.7 cm³/mol. The third-order valence-electron chi connectivity index (χ3n) is 3.88. The molecule has 0 saturated carbocycles. The van der Waals surface area contributed by atoms with E-state index in [4.69, 9.17) is 4.74 Å². The Balaban J connectivity index is 1.91. The minimum absolute atomic E-state index is 0.150. The van der Waals surface area contributed by atoms with Crippen LogP contribution in [0.1, 0.15) is 42.5 Å². The third kappa shape index (κ3) is 5.15. The van der Waals surface area contributed by atoms with Crippen molar-refractivity contribution in [3.63, 3.8) is 0 Å². The van der Waals surface area contributed by atoms with Gasteiger partial charge in [-0.3, -0.25) is 10.3 Å². The molecule has 0 radical (unpaired) electrons. The van der Waals surface area contributed by atoms with Gasteiger partial charge in [-0.1, -0.05) is 19.9 Å². The van der Waals surface area contributed by atoms with Crippen LogP contribution in [0.3, 0.4) is 0 Å². The van der Waals surface area contributed by atoms with Gasteiger partial charge < -0.3 is 9.84 Å². The number of rotatable bonds is 8. The summed E-state index contributed by atoms with van der Waals surface area (Å²) in [4.78, 5) is 7.95. The second-order valence-electron chi connectivity index (χ2n) is 5.65. The Bertz CT molecular complexity index is 723. The number of pyridine rings is 2. The van der Waals surface area contributed by atoms with Gasteiger partial charge in [0.15, 0.2) is 0 Å². The summed E-state index contributed by atoms with van der Waals surface area (Å²) in [7, 11) is 0. The van der Waals surface area contributed by atoms with E-state index < -0.39 is 18.0 Å². The predicted octanol–water partition coefficient (Wildman–Crippen LogP) is 3.28. The standard InChI is InChI=1S/C18H22F3N3O2/c1-3-12-6-5-7-22-15(12)16(25)23-8-9-26-17-13(4-2)10-14(11-24-17)18(19,20)21/h5-7,10-11,16,23,25H,3-4,8-9H2,1-2H3. The van der Waals surface area contributed by atoms with Crippen molar-refractivity contribution in [3.05, 3.63) is 53.0 Å². The second-order valence-corrected chi connectivity index (χ2v) is 5.65. The SMILES string of the molecule is CCc1cc(C(F)(F)F)cnc1OCCNC(O)c1ncccc1CC. The highest BCUT2D eigenvalue weighted by Crippen LogP contribution is 2.31. The topological polar surface area (TPSA) is 67.3 Å². The average molecular weight is 369 g/mol. The van der Waals surface area contributed by atoms with Crippen molar-refractivity contribution in [3.8, 4) is 5.88 Å². The van der Waals surface area contributed by atoms with Gasteiger partial charge in [0.2, 0.25) is 5.88 Å². The molecule has 142 valence electrons. The van der Waals surface area contributed by atoms with Crippen molar-refractivity contribution in [1.82, 2.24) is 15.3 Å². The number of hydrogen-bond acceptors (Lipinski definition) is 5. The lowest BCUT2D eigenvalue weighted by Gasteiger charge is -2.16. The summed E-state index contributed by atoms with van der Waals surface area (Å²) in [6, 6.07) is 4.75. The first-order chi connectivity index (χ1) is 12.4. The van der Waals surface area contributed by atoms with Crippen LogP contribution in [0.5, 0.6) is 5.88 Å². The number of aliphatic hydroxyl groups excluding tert-OH is 1. The first-order valence-electron chi connectivity index (χ1n) is 8.41. The van der Waals surface area contributed by atoms with Crippen LogP contribution in [0, 0.1) is 0 Å². The molecule has 0 aliphatic rings. The lowest BCUT2D eigenvalue weighted by molar-refractivity contribution is -0.137. The maximum Gasteiger partial charge on any atom is 0.417 e. The number of aliphatic hydroxyl groups is 1. The summed E-state index contributed by atoms with van der Waals surface area (Å²) in [5.74, 6) is 0.170. The molecule has 0 bridgehead atoms. The van der Waals surface area contributed by atoms with E-state index in [1.807, 2.05) is 13.0 Å². The van der Waals surface area contributed by atoms with Gasteiger partial charge in [0, 0.05) is 24.5 Å². The number of ether oxygens (including phenoxy) is 1. The van der Waals surface area contributed by atoms with E-state index in [0.29, 0.717) is 17.7 Å². The fraction of sp³-hybridized carbons (Fsp3) is 0.444.